The molecule has 0 bridgehead atoms. The summed E-state index contributed by atoms with van der Waals surface area (Å²) in [5.41, 5.74) is 0.590. The molecule has 0 heterocycles. The Morgan fingerprint density at radius 1 is 1.32 bits per heavy atom. The van der Waals surface area contributed by atoms with Crippen molar-refractivity contribution in [3.05, 3.63) is 23.8 Å². The van der Waals surface area contributed by atoms with Crippen LogP contribution in [0, 0.1) is 0 Å². The van der Waals surface area contributed by atoms with Gasteiger partial charge in [-0.1, -0.05) is 6.92 Å². The normalized spacial score (nSPS) is 14.0. The average Bonchev–Trinajstić information content (AvgIpc) is 3.35. The van der Waals surface area contributed by atoms with Crippen LogP contribution < -0.4 is 20.1 Å². The summed E-state index contributed by atoms with van der Waals surface area (Å²) in [5.74, 6) is 1.31. The number of nitrogens with one attached hydrogen (secondary N) is 2. The van der Waals surface area contributed by atoms with Crippen LogP contribution in [0.2, 0.25) is 0 Å². The number of guanidine groups is 1. The van der Waals surface area contributed by atoms with Gasteiger partial charge >= 0.3 is 6.61 Å². The Bertz CT molecular complexity index is 555. The lowest BCUT2D eigenvalue weighted by molar-refractivity contribution is -0.0505. The van der Waals surface area contributed by atoms with Crippen molar-refractivity contribution in [1.29, 1.82) is 0 Å². The Labute approximate surface area is 164 Å². The van der Waals surface area contributed by atoms with Crippen molar-refractivity contribution in [2.45, 2.75) is 52.3 Å². The fraction of sp³-hybridized carbons (Fsp3) is 0.588. The highest BCUT2D eigenvalue weighted by molar-refractivity contribution is 14.0. The first-order valence-electron chi connectivity index (χ1n) is 8.37. The van der Waals surface area contributed by atoms with E-state index in [0.717, 1.165) is 25.8 Å². The first-order valence-corrected chi connectivity index (χ1v) is 8.37. The van der Waals surface area contributed by atoms with Crippen molar-refractivity contribution in [1.82, 2.24) is 10.6 Å². The quantitative estimate of drug-likeness (QED) is 0.327. The summed E-state index contributed by atoms with van der Waals surface area (Å²) in [7, 11) is 0. The van der Waals surface area contributed by atoms with Gasteiger partial charge in [0.15, 0.2) is 5.96 Å². The second kappa shape index (κ2) is 11.3. The molecule has 5 nitrogen and oxygen atoms in total. The van der Waals surface area contributed by atoms with E-state index in [1.807, 2.05) is 13.8 Å². The SMILES string of the molecule is CCCOc1ccc(CN=C(NCC)NC2CC2)c(OC(F)F)c1.I. The van der Waals surface area contributed by atoms with Gasteiger partial charge in [0.05, 0.1) is 13.2 Å². The average molecular weight is 469 g/mol. The zero-order valence-electron chi connectivity index (χ0n) is 14.6. The predicted octanol–water partition coefficient (Wildman–Crippen LogP) is 3.91. The van der Waals surface area contributed by atoms with Crippen molar-refractivity contribution in [3.63, 3.8) is 0 Å². The van der Waals surface area contributed by atoms with Gasteiger partial charge in [0.25, 0.3) is 0 Å². The van der Waals surface area contributed by atoms with Gasteiger partial charge in [0.2, 0.25) is 0 Å². The van der Waals surface area contributed by atoms with E-state index >= 15 is 0 Å². The Hall–Kier alpha value is -1.32. The van der Waals surface area contributed by atoms with E-state index in [2.05, 4.69) is 20.4 Å². The van der Waals surface area contributed by atoms with E-state index in [-0.39, 0.29) is 36.3 Å². The first kappa shape index (κ1) is 21.7. The van der Waals surface area contributed by atoms with Crippen molar-refractivity contribution in [2.75, 3.05) is 13.2 Å². The van der Waals surface area contributed by atoms with Crippen LogP contribution in [0.15, 0.2) is 23.2 Å². The minimum Gasteiger partial charge on any atom is -0.493 e. The second-order valence-corrected chi connectivity index (χ2v) is 5.61. The van der Waals surface area contributed by atoms with E-state index in [1.165, 1.54) is 6.07 Å². The number of alkyl halides is 2. The molecule has 8 heteroatoms. The fourth-order valence-corrected chi connectivity index (χ4v) is 2.09. The highest BCUT2D eigenvalue weighted by Crippen LogP contribution is 2.27. The number of aliphatic imine (C=N–C) groups is 1. The topological polar surface area (TPSA) is 54.9 Å². The Morgan fingerprint density at radius 2 is 2.08 bits per heavy atom. The van der Waals surface area contributed by atoms with E-state index < -0.39 is 6.61 Å². The lowest BCUT2D eigenvalue weighted by Crippen LogP contribution is -2.38. The molecule has 25 heavy (non-hydrogen) atoms. The molecule has 2 rings (SSSR count). The zero-order chi connectivity index (χ0) is 17.4. The van der Waals surface area contributed by atoms with Crippen LogP contribution in [0.3, 0.4) is 0 Å². The number of ether oxygens (including phenoxy) is 2. The minimum atomic E-state index is -2.88. The van der Waals surface area contributed by atoms with Crippen LogP contribution >= 0.6 is 24.0 Å². The lowest BCUT2D eigenvalue weighted by atomic mass is 10.2. The number of nitrogens with zero attached hydrogens (tertiary/aromatic N) is 1. The summed E-state index contributed by atoms with van der Waals surface area (Å²) >= 11 is 0. The van der Waals surface area contributed by atoms with Gasteiger partial charge in [-0.3, -0.25) is 0 Å². The lowest BCUT2D eigenvalue weighted by Gasteiger charge is -2.14. The summed E-state index contributed by atoms with van der Waals surface area (Å²) in [4.78, 5) is 4.45. The van der Waals surface area contributed by atoms with Gasteiger partial charge in [0.1, 0.15) is 11.5 Å². The standard InChI is InChI=1S/C17H25F2N3O2.HI/c1-3-9-23-14-8-5-12(15(10-14)24-16(18)19)11-21-17(20-4-2)22-13-6-7-13;/h5,8,10,13,16H,3-4,6-7,9,11H2,1-2H3,(H2,20,21,22);1H. The van der Waals surface area contributed by atoms with Gasteiger partial charge in [-0.25, -0.2) is 4.99 Å². The number of hydrogen-bond acceptors (Lipinski definition) is 3. The maximum Gasteiger partial charge on any atom is 0.387 e. The highest BCUT2D eigenvalue weighted by Gasteiger charge is 2.22. The van der Waals surface area contributed by atoms with Crippen molar-refractivity contribution in [2.24, 2.45) is 4.99 Å². The van der Waals surface area contributed by atoms with Crippen molar-refractivity contribution in [3.8, 4) is 11.5 Å². The molecule has 1 aliphatic rings. The maximum absolute atomic E-state index is 12.7. The zero-order valence-corrected chi connectivity index (χ0v) is 16.9. The Balaban J connectivity index is 0.00000312. The van der Waals surface area contributed by atoms with Crippen molar-refractivity contribution < 1.29 is 18.3 Å². The van der Waals surface area contributed by atoms with E-state index in [1.54, 1.807) is 12.1 Å². The number of halogens is 3. The summed E-state index contributed by atoms with van der Waals surface area (Å²) < 4.78 is 35.4. The molecule has 0 unspecified atom stereocenters. The highest BCUT2D eigenvalue weighted by atomic mass is 127. The molecule has 0 amide bonds. The van der Waals surface area contributed by atoms with Gasteiger partial charge in [-0.15, -0.1) is 24.0 Å². The van der Waals surface area contributed by atoms with Gasteiger partial charge in [-0.05, 0) is 38.3 Å². The third-order valence-electron chi connectivity index (χ3n) is 3.40. The monoisotopic (exact) mass is 469 g/mol. The molecule has 0 atom stereocenters. The van der Waals surface area contributed by atoms with E-state index in [0.29, 0.717) is 29.9 Å². The Kier molecular flexibility index (Phi) is 9.84. The minimum absolute atomic E-state index is 0. The molecule has 2 N–H and O–H groups in total. The summed E-state index contributed by atoms with van der Waals surface area (Å²) in [5, 5.41) is 6.44. The molecule has 0 radical (unpaired) electrons. The molecule has 1 aromatic rings. The molecule has 0 saturated heterocycles. The smallest absolute Gasteiger partial charge is 0.387 e. The fourth-order valence-electron chi connectivity index (χ4n) is 2.09. The Morgan fingerprint density at radius 3 is 2.68 bits per heavy atom. The molecule has 1 saturated carbocycles. The van der Waals surface area contributed by atoms with Gasteiger partial charge in [-0.2, -0.15) is 8.78 Å². The molecule has 0 aliphatic heterocycles. The summed E-state index contributed by atoms with van der Waals surface area (Å²) in [6.07, 6.45) is 3.11. The first-order chi connectivity index (χ1) is 11.6. The number of rotatable bonds is 9. The maximum atomic E-state index is 12.7. The van der Waals surface area contributed by atoms with E-state index in [9.17, 15) is 8.78 Å². The third-order valence-corrected chi connectivity index (χ3v) is 3.40. The molecule has 142 valence electrons. The molecule has 0 spiro atoms. The summed E-state index contributed by atoms with van der Waals surface area (Å²) in [6, 6.07) is 5.42. The molecule has 1 aromatic carbocycles. The largest absolute Gasteiger partial charge is 0.493 e. The van der Waals surface area contributed by atoms with Crippen LogP contribution in [0.1, 0.15) is 38.7 Å². The molecule has 0 aromatic heterocycles. The molecule has 1 fully saturated rings. The van der Waals surface area contributed by atoms with Crippen LogP contribution in [0.4, 0.5) is 8.78 Å². The van der Waals surface area contributed by atoms with E-state index in [4.69, 9.17) is 4.74 Å². The third kappa shape index (κ3) is 8.06. The van der Waals surface area contributed by atoms with Gasteiger partial charge < -0.3 is 20.1 Å². The van der Waals surface area contributed by atoms with Crippen LogP contribution in [0.5, 0.6) is 11.5 Å². The molecular weight excluding hydrogens is 443 g/mol. The number of hydrogen-bond donors (Lipinski definition) is 2. The van der Waals surface area contributed by atoms with Crippen molar-refractivity contribution >= 4 is 29.9 Å². The van der Waals surface area contributed by atoms with Crippen LogP contribution in [0.25, 0.3) is 0 Å². The second-order valence-electron chi connectivity index (χ2n) is 5.61. The predicted molar refractivity (Wildman–Crippen MR) is 105 cm³/mol. The number of benzene rings is 1. The van der Waals surface area contributed by atoms with Crippen LogP contribution in [-0.2, 0) is 6.54 Å². The van der Waals surface area contributed by atoms with Gasteiger partial charge in [0, 0.05) is 24.2 Å². The van der Waals surface area contributed by atoms with Crippen LogP contribution in [-0.4, -0.2) is 31.8 Å². The molecule has 1 aliphatic carbocycles. The molecular formula is C17H26F2IN3O2. The summed E-state index contributed by atoms with van der Waals surface area (Å²) in [6.45, 7) is 2.60.